The summed E-state index contributed by atoms with van der Waals surface area (Å²) < 4.78 is 0. The second kappa shape index (κ2) is 9.05. The summed E-state index contributed by atoms with van der Waals surface area (Å²) in [6.07, 6.45) is 23.5. The molecule has 79 valence electrons. The van der Waals surface area contributed by atoms with E-state index < -0.39 is 0 Å². The maximum atomic E-state index is 2.44. The standard InChI is InChI=1S/C14H23/c1-2-4-6-8-10-12-14-13-11-9-7-5-3-1/h1-2,7,10,12H,3-6,8-9,11,13-14H2. The van der Waals surface area contributed by atoms with E-state index in [4.69, 9.17) is 0 Å². The maximum Gasteiger partial charge on any atom is -0.0348 e. The first kappa shape index (κ1) is 11.6. The van der Waals surface area contributed by atoms with Crippen molar-refractivity contribution in [1.82, 2.24) is 0 Å². The average molecular weight is 191 g/mol. The van der Waals surface area contributed by atoms with Gasteiger partial charge in [-0.15, -0.1) is 0 Å². The number of hydrogen-bond donors (Lipinski definition) is 0. The zero-order valence-electron chi connectivity index (χ0n) is 9.25. The fourth-order valence-electron chi connectivity index (χ4n) is 1.73. The van der Waals surface area contributed by atoms with Crippen LogP contribution in [0.1, 0.15) is 57.8 Å². The number of hydrogen-bond acceptors (Lipinski definition) is 0. The lowest BCUT2D eigenvalue weighted by molar-refractivity contribution is 0.711. The predicted molar refractivity (Wildman–Crippen MR) is 64.1 cm³/mol. The monoisotopic (exact) mass is 191 g/mol. The van der Waals surface area contributed by atoms with Gasteiger partial charge in [-0.2, -0.15) is 0 Å². The first-order valence-electron chi connectivity index (χ1n) is 6.12. The van der Waals surface area contributed by atoms with Crippen LogP contribution in [0.4, 0.5) is 0 Å². The highest BCUT2D eigenvalue weighted by atomic mass is 14.0. The smallest absolute Gasteiger partial charge is 0.0348 e. The third-order valence-corrected chi connectivity index (χ3v) is 2.64. The van der Waals surface area contributed by atoms with Crippen LogP contribution in [0.2, 0.25) is 0 Å². The molecular formula is C14H23. The molecule has 0 heteroatoms. The van der Waals surface area contributed by atoms with E-state index >= 15 is 0 Å². The van der Waals surface area contributed by atoms with Crippen LogP contribution in [0.25, 0.3) is 0 Å². The third kappa shape index (κ3) is 6.94. The van der Waals surface area contributed by atoms with Gasteiger partial charge in [-0.05, 0) is 51.4 Å². The molecule has 0 spiro atoms. The molecule has 0 fully saturated rings. The summed E-state index contributed by atoms with van der Waals surface area (Å²) in [5, 5.41) is 0. The molecule has 0 N–H and O–H groups in total. The van der Waals surface area contributed by atoms with Gasteiger partial charge in [-0.1, -0.05) is 37.1 Å². The number of allylic oxidation sites excluding steroid dienone is 4. The molecular weight excluding hydrogens is 168 g/mol. The molecule has 0 bridgehead atoms. The minimum Gasteiger partial charge on any atom is -0.0885 e. The van der Waals surface area contributed by atoms with Crippen LogP contribution < -0.4 is 0 Å². The molecule has 1 rings (SSSR count). The van der Waals surface area contributed by atoms with Gasteiger partial charge in [0.2, 0.25) is 0 Å². The van der Waals surface area contributed by atoms with Crippen LogP contribution in [0, 0.1) is 6.42 Å². The summed E-state index contributed by atoms with van der Waals surface area (Å²) in [6, 6.07) is 0. The molecule has 0 aromatic heterocycles. The van der Waals surface area contributed by atoms with Crippen molar-refractivity contribution in [3.63, 3.8) is 0 Å². The number of rotatable bonds is 0. The Balaban J connectivity index is 2.16. The van der Waals surface area contributed by atoms with E-state index in [-0.39, 0.29) is 0 Å². The summed E-state index contributed by atoms with van der Waals surface area (Å²) in [5.74, 6) is 0. The summed E-state index contributed by atoms with van der Waals surface area (Å²) in [6.45, 7) is 0. The molecule has 0 unspecified atom stereocenters. The molecule has 0 aromatic rings. The molecule has 0 saturated carbocycles. The van der Waals surface area contributed by atoms with Crippen molar-refractivity contribution >= 4 is 0 Å². The van der Waals surface area contributed by atoms with Gasteiger partial charge < -0.3 is 0 Å². The van der Waals surface area contributed by atoms with Crippen LogP contribution in [0.5, 0.6) is 0 Å². The molecule has 0 nitrogen and oxygen atoms in total. The predicted octanol–water partition coefficient (Wildman–Crippen LogP) is 4.83. The molecule has 1 aliphatic rings. The molecule has 0 atom stereocenters. The summed E-state index contributed by atoms with van der Waals surface area (Å²) in [5.41, 5.74) is 0. The van der Waals surface area contributed by atoms with Crippen LogP contribution in [-0.4, -0.2) is 0 Å². The lowest BCUT2D eigenvalue weighted by Crippen LogP contribution is -1.80. The van der Waals surface area contributed by atoms with Crippen molar-refractivity contribution in [2.24, 2.45) is 0 Å². The maximum absolute atomic E-state index is 2.44. The van der Waals surface area contributed by atoms with Crippen molar-refractivity contribution in [2.45, 2.75) is 57.8 Å². The van der Waals surface area contributed by atoms with Crippen LogP contribution in [0.15, 0.2) is 24.3 Å². The van der Waals surface area contributed by atoms with Gasteiger partial charge in [0.1, 0.15) is 0 Å². The van der Waals surface area contributed by atoms with E-state index in [1.807, 2.05) is 0 Å². The second-order valence-corrected chi connectivity index (χ2v) is 4.02. The second-order valence-electron chi connectivity index (χ2n) is 4.02. The Morgan fingerprint density at radius 3 is 1.79 bits per heavy atom. The van der Waals surface area contributed by atoms with Gasteiger partial charge >= 0.3 is 0 Å². The van der Waals surface area contributed by atoms with Crippen molar-refractivity contribution < 1.29 is 0 Å². The van der Waals surface area contributed by atoms with Crippen LogP contribution in [0.3, 0.4) is 0 Å². The SMILES string of the molecule is [CH]1CCC=CCCCC=CCCCC1. The van der Waals surface area contributed by atoms with Crippen LogP contribution >= 0.6 is 0 Å². The van der Waals surface area contributed by atoms with Gasteiger partial charge in [0, 0.05) is 0 Å². The largest absolute Gasteiger partial charge is 0.0885 e. The Morgan fingerprint density at radius 1 is 0.429 bits per heavy atom. The molecule has 0 aliphatic heterocycles. The normalized spacial score (nSPS) is 21.7. The Bertz CT molecular complexity index is 147. The first-order valence-corrected chi connectivity index (χ1v) is 6.12. The van der Waals surface area contributed by atoms with Gasteiger partial charge in [0.25, 0.3) is 0 Å². The fraction of sp³-hybridized carbons (Fsp3) is 0.643. The summed E-state index contributed by atoms with van der Waals surface area (Å²) in [7, 11) is 0. The van der Waals surface area contributed by atoms with Crippen molar-refractivity contribution in [3.05, 3.63) is 30.7 Å². The Labute approximate surface area is 89.1 Å². The molecule has 0 amide bonds. The Hall–Kier alpha value is -0.520. The van der Waals surface area contributed by atoms with Gasteiger partial charge in [-0.3, -0.25) is 0 Å². The first-order chi connectivity index (χ1) is 7.00. The minimum absolute atomic E-state index is 1.25. The molecule has 1 aliphatic carbocycles. The molecule has 0 heterocycles. The molecule has 0 saturated heterocycles. The van der Waals surface area contributed by atoms with E-state index in [1.54, 1.807) is 0 Å². The van der Waals surface area contributed by atoms with Crippen molar-refractivity contribution in [3.8, 4) is 0 Å². The third-order valence-electron chi connectivity index (χ3n) is 2.64. The summed E-state index contributed by atoms with van der Waals surface area (Å²) in [4.78, 5) is 0. The van der Waals surface area contributed by atoms with E-state index in [1.165, 1.54) is 57.8 Å². The van der Waals surface area contributed by atoms with Gasteiger partial charge in [0.05, 0.1) is 0 Å². The van der Waals surface area contributed by atoms with Crippen molar-refractivity contribution in [2.75, 3.05) is 0 Å². The van der Waals surface area contributed by atoms with Crippen molar-refractivity contribution in [1.29, 1.82) is 0 Å². The highest BCUT2D eigenvalue weighted by Crippen LogP contribution is 2.09. The van der Waals surface area contributed by atoms with Gasteiger partial charge in [0.15, 0.2) is 0 Å². The zero-order valence-corrected chi connectivity index (χ0v) is 9.25. The molecule has 14 heavy (non-hydrogen) atoms. The van der Waals surface area contributed by atoms with E-state index in [0.717, 1.165) is 0 Å². The van der Waals surface area contributed by atoms with Gasteiger partial charge in [-0.25, -0.2) is 0 Å². The van der Waals surface area contributed by atoms with Crippen LogP contribution in [-0.2, 0) is 0 Å². The highest BCUT2D eigenvalue weighted by Gasteiger charge is 1.90. The van der Waals surface area contributed by atoms with E-state index in [9.17, 15) is 0 Å². The van der Waals surface area contributed by atoms with E-state index in [0.29, 0.717) is 0 Å². The Morgan fingerprint density at radius 2 is 1.00 bits per heavy atom. The lowest BCUT2D eigenvalue weighted by atomic mass is 10.1. The average Bonchev–Trinajstić information content (AvgIpc) is 2.22. The quantitative estimate of drug-likeness (QED) is 0.481. The Kier molecular flexibility index (Phi) is 7.47. The van der Waals surface area contributed by atoms with E-state index in [2.05, 4.69) is 30.7 Å². The fourth-order valence-corrected chi connectivity index (χ4v) is 1.73. The summed E-state index contributed by atoms with van der Waals surface area (Å²) >= 11 is 0. The topological polar surface area (TPSA) is 0 Å². The lowest BCUT2D eigenvalue weighted by Gasteiger charge is -1.99. The minimum atomic E-state index is 1.25. The highest BCUT2D eigenvalue weighted by molar-refractivity contribution is 4.87. The molecule has 1 radical (unpaired) electrons. The molecule has 0 aromatic carbocycles. The zero-order chi connectivity index (χ0) is 9.90.